The van der Waals surface area contributed by atoms with E-state index < -0.39 is 0 Å². The van der Waals surface area contributed by atoms with Gasteiger partial charge in [-0.3, -0.25) is 0 Å². The van der Waals surface area contributed by atoms with Crippen molar-refractivity contribution in [3.8, 4) is 0 Å². The second kappa shape index (κ2) is 5.22. The molecule has 0 bridgehead atoms. The molecule has 3 rings (SSSR count). The molecule has 1 nitrogen and oxygen atoms in total. The molecule has 96 valence electrons. The van der Waals surface area contributed by atoms with Gasteiger partial charge in [0.1, 0.15) is 0 Å². The predicted molar refractivity (Wildman–Crippen MR) is 84.3 cm³/mol. The molecule has 0 N–H and O–H groups in total. The minimum Gasteiger partial charge on any atom is -0.246 e. The molecule has 0 amide bonds. The molecule has 19 heavy (non-hydrogen) atoms. The van der Waals surface area contributed by atoms with E-state index in [0.717, 1.165) is 5.69 Å². The number of hydrogen-bond donors (Lipinski definition) is 0. The van der Waals surface area contributed by atoms with Crippen LogP contribution in [0.4, 0.5) is 5.69 Å². The first kappa shape index (κ1) is 12.5. The van der Waals surface area contributed by atoms with Gasteiger partial charge in [-0.05, 0) is 17.2 Å². The first-order chi connectivity index (χ1) is 9.25. The summed E-state index contributed by atoms with van der Waals surface area (Å²) in [7, 11) is 0. The highest BCUT2D eigenvalue weighted by molar-refractivity contribution is 8.14. The zero-order valence-corrected chi connectivity index (χ0v) is 12.0. The van der Waals surface area contributed by atoms with Crippen molar-refractivity contribution >= 4 is 22.5 Å². The number of benzene rings is 2. The fourth-order valence-electron chi connectivity index (χ4n) is 2.28. The Hall–Kier alpha value is -1.54. The highest BCUT2D eigenvalue weighted by Crippen LogP contribution is 2.46. The maximum atomic E-state index is 4.80. The van der Waals surface area contributed by atoms with E-state index >= 15 is 0 Å². The van der Waals surface area contributed by atoms with Crippen molar-refractivity contribution in [1.82, 2.24) is 0 Å². The van der Waals surface area contributed by atoms with Crippen molar-refractivity contribution in [2.24, 2.45) is 10.9 Å². The largest absolute Gasteiger partial charge is 0.246 e. The third kappa shape index (κ3) is 2.45. The highest BCUT2D eigenvalue weighted by Gasteiger charge is 2.25. The van der Waals surface area contributed by atoms with Crippen molar-refractivity contribution in [2.75, 3.05) is 0 Å². The van der Waals surface area contributed by atoms with Gasteiger partial charge in [0.15, 0.2) is 0 Å². The fourth-order valence-corrected chi connectivity index (χ4v) is 3.57. The molecule has 0 fully saturated rings. The van der Waals surface area contributed by atoms with E-state index in [0.29, 0.717) is 11.2 Å². The molecule has 1 aliphatic heterocycles. The standard InChI is InChI=1S/C17H17NS/c1-12(2)17-18-15-11-7-6-10-14(15)16(19-17)13-8-4-3-5-9-13/h3-12,16H,1-2H3. The molecule has 2 aromatic rings. The van der Waals surface area contributed by atoms with Crippen LogP contribution in [0.5, 0.6) is 0 Å². The number of rotatable bonds is 2. The van der Waals surface area contributed by atoms with Crippen LogP contribution in [-0.4, -0.2) is 5.04 Å². The summed E-state index contributed by atoms with van der Waals surface area (Å²) in [5, 5.41) is 1.60. The average Bonchev–Trinajstić information content (AvgIpc) is 2.47. The molecule has 0 saturated heterocycles. The van der Waals surface area contributed by atoms with Crippen LogP contribution in [0.1, 0.15) is 30.2 Å². The summed E-state index contributed by atoms with van der Waals surface area (Å²) in [6.45, 7) is 4.42. The summed E-state index contributed by atoms with van der Waals surface area (Å²) in [6, 6.07) is 19.2. The van der Waals surface area contributed by atoms with Gasteiger partial charge in [-0.15, -0.1) is 0 Å². The second-order valence-electron chi connectivity index (χ2n) is 5.07. The third-order valence-electron chi connectivity index (χ3n) is 3.28. The van der Waals surface area contributed by atoms with Crippen LogP contribution in [0.15, 0.2) is 59.6 Å². The summed E-state index contributed by atoms with van der Waals surface area (Å²) < 4.78 is 0. The smallest absolute Gasteiger partial charge is 0.0773 e. The van der Waals surface area contributed by atoms with Crippen LogP contribution in [0, 0.1) is 5.92 Å². The summed E-state index contributed by atoms with van der Waals surface area (Å²) >= 11 is 1.89. The zero-order chi connectivity index (χ0) is 13.2. The SMILES string of the molecule is CC(C)C1=Nc2ccccc2C(c2ccccc2)S1. The van der Waals surface area contributed by atoms with E-state index in [4.69, 9.17) is 4.99 Å². The number of para-hydroxylation sites is 1. The van der Waals surface area contributed by atoms with Crippen molar-refractivity contribution in [3.63, 3.8) is 0 Å². The Bertz CT molecular complexity index is 602. The lowest BCUT2D eigenvalue weighted by atomic mass is 10.0. The summed E-state index contributed by atoms with van der Waals surface area (Å²) in [5.41, 5.74) is 3.80. The van der Waals surface area contributed by atoms with Gasteiger partial charge in [-0.2, -0.15) is 0 Å². The van der Waals surface area contributed by atoms with Crippen LogP contribution < -0.4 is 0 Å². The lowest BCUT2D eigenvalue weighted by Crippen LogP contribution is -2.11. The van der Waals surface area contributed by atoms with Gasteiger partial charge in [0.2, 0.25) is 0 Å². The summed E-state index contributed by atoms with van der Waals surface area (Å²) in [4.78, 5) is 4.80. The number of hydrogen-bond acceptors (Lipinski definition) is 2. The Kier molecular flexibility index (Phi) is 3.43. The lowest BCUT2D eigenvalue weighted by Gasteiger charge is -2.26. The highest BCUT2D eigenvalue weighted by atomic mass is 32.2. The molecular formula is C17H17NS. The quantitative estimate of drug-likeness (QED) is 0.727. The van der Waals surface area contributed by atoms with Gasteiger partial charge in [-0.25, -0.2) is 4.99 Å². The van der Waals surface area contributed by atoms with Gasteiger partial charge in [-0.1, -0.05) is 74.1 Å². The topological polar surface area (TPSA) is 12.4 Å². The normalized spacial score (nSPS) is 18.1. The van der Waals surface area contributed by atoms with Gasteiger partial charge in [0.25, 0.3) is 0 Å². The van der Waals surface area contributed by atoms with E-state index in [2.05, 4.69) is 68.4 Å². The number of aliphatic imine (C=N–C) groups is 1. The Morgan fingerprint density at radius 1 is 0.947 bits per heavy atom. The van der Waals surface area contributed by atoms with Crippen LogP contribution in [-0.2, 0) is 0 Å². The van der Waals surface area contributed by atoms with Gasteiger partial charge in [0.05, 0.1) is 16.0 Å². The molecule has 0 saturated carbocycles. The minimum atomic E-state index is 0.368. The molecule has 0 radical (unpaired) electrons. The third-order valence-corrected chi connectivity index (χ3v) is 4.85. The summed E-state index contributed by atoms with van der Waals surface area (Å²) in [6.07, 6.45) is 0. The van der Waals surface area contributed by atoms with Crippen LogP contribution >= 0.6 is 11.8 Å². The molecule has 2 heteroatoms. The van der Waals surface area contributed by atoms with Crippen LogP contribution in [0.2, 0.25) is 0 Å². The van der Waals surface area contributed by atoms with Crippen molar-refractivity contribution in [1.29, 1.82) is 0 Å². The molecule has 1 heterocycles. The predicted octanol–water partition coefficient (Wildman–Crippen LogP) is 5.21. The fraction of sp³-hybridized carbons (Fsp3) is 0.235. The van der Waals surface area contributed by atoms with Crippen molar-refractivity contribution < 1.29 is 0 Å². The number of thioether (sulfide) groups is 1. The van der Waals surface area contributed by atoms with E-state index in [1.165, 1.54) is 16.2 Å². The molecule has 1 aliphatic rings. The Morgan fingerprint density at radius 2 is 1.63 bits per heavy atom. The first-order valence-corrected chi connectivity index (χ1v) is 7.53. The van der Waals surface area contributed by atoms with E-state index in [1.54, 1.807) is 0 Å². The van der Waals surface area contributed by atoms with Crippen LogP contribution in [0.3, 0.4) is 0 Å². The zero-order valence-electron chi connectivity index (χ0n) is 11.2. The molecule has 1 atom stereocenters. The average molecular weight is 267 g/mol. The van der Waals surface area contributed by atoms with Gasteiger partial charge in [0, 0.05) is 5.92 Å². The van der Waals surface area contributed by atoms with E-state index in [-0.39, 0.29) is 0 Å². The van der Waals surface area contributed by atoms with Crippen LogP contribution in [0.25, 0.3) is 0 Å². The lowest BCUT2D eigenvalue weighted by molar-refractivity contribution is 0.897. The molecule has 1 unspecified atom stereocenters. The molecular weight excluding hydrogens is 250 g/mol. The van der Waals surface area contributed by atoms with E-state index in [1.807, 2.05) is 11.8 Å². The maximum Gasteiger partial charge on any atom is 0.0773 e. The van der Waals surface area contributed by atoms with Gasteiger partial charge >= 0.3 is 0 Å². The number of fused-ring (bicyclic) bond motifs is 1. The minimum absolute atomic E-state index is 0.368. The molecule has 0 aromatic heterocycles. The first-order valence-electron chi connectivity index (χ1n) is 6.65. The Morgan fingerprint density at radius 3 is 2.37 bits per heavy atom. The molecule has 0 aliphatic carbocycles. The Balaban J connectivity index is 2.10. The monoisotopic (exact) mass is 267 g/mol. The van der Waals surface area contributed by atoms with E-state index in [9.17, 15) is 0 Å². The summed E-state index contributed by atoms with van der Waals surface area (Å²) in [5.74, 6) is 0.476. The van der Waals surface area contributed by atoms with Gasteiger partial charge < -0.3 is 0 Å². The Labute approximate surface area is 118 Å². The molecule has 0 spiro atoms. The van der Waals surface area contributed by atoms with Crippen molar-refractivity contribution in [2.45, 2.75) is 19.1 Å². The number of nitrogens with zero attached hydrogens (tertiary/aromatic N) is 1. The second-order valence-corrected chi connectivity index (χ2v) is 6.20. The maximum absolute atomic E-state index is 4.80. The molecule has 2 aromatic carbocycles. The van der Waals surface area contributed by atoms with Crippen molar-refractivity contribution in [3.05, 3.63) is 65.7 Å².